The molecule has 0 radical (unpaired) electrons. The van der Waals surface area contributed by atoms with E-state index in [9.17, 15) is 20.2 Å². The number of nitro benzene ring substituents is 1. The third kappa shape index (κ3) is 5.24. The number of hydrogen-bond acceptors (Lipinski definition) is 9. The number of nitrogens with two attached hydrogens (primary N) is 1. The number of aryl methyl sites for hydroxylation is 1. The fourth-order valence-electron chi connectivity index (χ4n) is 4.61. The molecule has 0 saturated carbocycles. The van der Waals surface area contributed by atoms with Gasteiger partial charge in [-0.3, -0.25) is 14.9 Å². The first-order chi connectivity index (χ1) is 19.8. The summed E-state index contributed by atoms with van der Waals surface area (Å²) in [7, 11) is 1.46. The maximum absolute atomic E-state index is 12.5. The number of ether oxygens (including phenoxy) is 3. The highest BCUT2D eigenvalue weighted by Gasteiger charge is 2.36. The number of anilines is 1. The second-order valence-corrected chi connectivity index (χ2v) is 9.03. The number of non-ortho nitro benzene ring substituents is 1. The number of methoxy groups -OCH3 is 1. The van der Waals surface area contributed by atoms with E-state index in [2.05, 4.69) is 16.5 Å². The Morgan fingerprint density at radius 3 is 2.66 bits per heavy atom. The standard InChI is InChI=1S/C29H24N6O6/c1-17-26-27(22(15-30)28(31)41-29(26)34(33-17)20-8-4-3-5-9-20)18-11-12-23(24(13-18)39-2)40-16-25(36)32-19-7-6-10-21(14-19)35(37)38/h3-14,27H,16,31H2,1-2H3,(H,32,36)/t27-/m1/s1. The molecule has 12 nitrogen and oxygen atoms in total. The van der Waals surface area contributed by atoms with Crippen LogP contribution in [0.25, 0.3) is 5.69 Å². The first kappa shape index (κ1) is 26.8. The van der Waals surface area contributed by atoms with Crippen molar-refractivity contribution in [2.24, 2.45) is 5.73 Å². The number of nitro groups is 1. The Kier molecular flexibility index (Phi) is 7.25. The van der Waals surface area contributed by atoms with Crippen molar-refractivity contribution in [1.82, 2.24) is 9.78 Å². The molecule has 0 unspecified atom stereocenters. The van der Waals surface area contributed by atoms with E-state index < -0.39 is 16.7 Å². The fraction of sp³-hybridized carbons (Fsp3) is 0.138. The third-order valence-corrected chi connectivity index (χ3v) is 6.45. The molecule has 41 heavy (non-hydrogen) atoms. The fourth-order valence-corrected chi connectivity index (χ4v) is 4.61. The minimum Gasteiger partial charge on any atom is -0.493 e. The molecule has 0 fully saturated rings. The third-order valence-electron chi connectivity index (χ3n) is 6.45. The second-order valence-electron chi connectivity index (χ2n) is 9.03. The molecule has 12 heteroatoms. The van der Waals surface area contributed by atoms with Gasteiger partial charge in [0.15, 0.2) is 18.1 Å². The summed E-state index contributed by atoms with van der Waals surface area (Å²) in [6.07, 6.45) is 0. The van der Waals surface area contributed by atoms with Crippen molar-refractivity contribution in [2.45, 2.75) is 12.8 Å². The zero-order valence-electron chi connectivity index (χ0n) is 22.0. The predicted octanol–water partition coefficient (Wildman–Crippen LogP) is 4.33. The van der Waals surface area contributed by atoms with Crippen molar-refractivity contribution >= 4 is 17.3 Å². The quantitative estimate of drug-likeness (QED) is 0.239. The van der Waals surface area contributed by atoms with Crippen LogP contribution < -0.4 is 25.3 Å². The molecule has 1 aliphatic rings. The lowest BCUT2D eigenvalue weighted by molar-refractivity contribution is -0.384. The Morgan fingerprint density at radius 2 is 1.95 bits per heavy atom. The van der Waals surface area contributed by atoms with Crippen LogP contribution in [0.3, 0.4) is 0 Å². The van der Waals surface area contributed by atoms with Gasteiger partial charge in [0.25, 0.3) is 11.6 Å². The highest BCUT2D eigenvalue weighted by Crippen LogP contribution is 2.46. The lowest BCUT2D eigenvalue weighted by Gasteiger charge is -2.25. The summed E-state index contributed by atoms with van der Waals surface area (Å²) in [4.78, 5) is 22.9. The normalized spacial score (nSPS) is 13.9. The maximum Gasteiger partial charge on any atom is 0.271 e. The van der Waals surface area contributed by atoms with E-state index >= 15 is 0 Å². The van der Waals surface area contributed by atoms with Gasteiger partial charge in [-0.2, -0.15) is 10.4 Å². The van der Waals surface area contributed by atoms with Crippen molar-refractivity contribution in [3.63, 3.8) is 0 Å². The van der Waals surface area contributed by atoms with E-state index in [0.29, 0.717) is 28.5 Å². The summed E-state index contributed by atoms with van der Waals surface area (Å²) in [6.45, 7) is 1.46. The molecule has 1 amide bonds. The van der Waals surface area contributed by atoms with Gasteiger partial charge in [0, 0.05) is 17.8 Å². The van der Waals surface area contributed by atoms with E-state index in [0.717, 1.165) is 5.69 Å². The molecule has 0 bridgehead atoms. The number of nitriles is 1. The van der Waals surface area contributed by atoms with Crippen LogP contribution in [0.4, 0.5) is 11.4 Å². The Bertz CT molecular complexity index is 1720. The van der Waals surface area contributed by atoms with Gasteiger partial charge in [0.05, 0.1) is 34.9 Å². The van der Waals surface area contributed by atoms with Gasteiger partial charge in [0.1, 0.15) is 11.6 Å². The monoisotopic (exact) mass is 552 g/mol. The van der Waals surface area contributed by atoms with Crippen molar-refractivity contribution < 1.29 is 23.9 Å². The predicted molar refractivity (Wildman–Crippen MR) is 148 cm³/mol. The number of nitrogens with one attached hydrogen (secondary N) is 1. The number of nitrogens with zero attached hydrogens (tertiary/aromatic N) is 4. The smallest absolute Gasteiger partial charge is 0.271 e. The zero-order chi connectivity index (χ0) is 29.1. The number of benzene rings is 3. The molecule has 3 N–H and O–H groups in total. The van der Waals surface area contributed by atoms with Crippen molar-refractivity contribution in [1.29, 1.82) is 5.26 Å². The van der Waals surface area contributed by atoms with Crippen LogP contribution in [0.2, 0.25) is 0 Å². The molecule has 0 spiro atoms. The number of carbonyl (C=O) groups is 1. The number of carbonyl (C=O) groups excluding carboxylic acids is 1. The molecule has 1 atom stereocenters. The number of hydrogen-bond donors (Lipinski definition) is 2. The average Bonchev–Trinajstić information content (AvgIpc) is 3.31. The summed E-state index contributed by atoms with van der Waals surface area (Å²) in [6, 6.07) is 22.3. The van der Waals surface area contributed by atoms with Crippen LogP contribution in [0.1, 0.15) is 22.7 Å². The minimum atomic E-state index is -0.596. The largest absolute Gasteiger partial charge is 0.493 e. The summed E-state index contributed by atoms with van der Waals surface area (Å²) in [5.41, 5.74) is 9.35. The lowest BCUT2D eigenvalue weighted by atomic mass is 9.84. The van der Waals surface area contributed by atoms with Crippen LogP contribution in [-0.2, 0) is 4.79 Å². The van der Waals surface area contributed by atoms with Crippen LogP contribution in [0.5, 0.6) is 17.4 Å². The number of aromatic nitrogens is 2. The van der Waals surface area contributed by atoms with Crippen LogP contribution in [0.15, 0.2) is 84.3 Å². The Hall–Kier alpha value is -5.83. The SMILES string of the molecule is COc1cc([C@@H]2C(C#N)=C(N)Oc3c2c(C)nn3-c2ccccc2)ccc1OCC(=O)Nc1cccc([N+](=O)[O-])c1. The molecule has 2 heterocycles. The number of allylic oxidation sites excluding steroid dienone is 1. The van der Waals surface area contributed by atoms with Gasteiger partial charge in [-0.25, -0.2) is 4.68 Å². The molecule has 0 aliphatic carbocycles. The molecule has 0 saturated heterocycles. The first-order valence-corrected chi connectivity index (χ1v) is 12.4. The second kappa shape index (κ2) is 11.1. The number of amides is 1. The Balaban J connectivity index is 1.42. The van der Waals surface area contributed by atoms with E-state index in [4.69, 9.17) is 19.9 Å². The van der Waals surface area contributed by atoms with Gasteiger partial charge in [0.2, 0.25) is 11.8 Å². The van der Waals surface area contributed by atoms with E-state index in [1.165, 1.54) is 31.4 Å². The molecule has 1 aromatic heterocycles. The van der Waals surface area contributed by atoms with E-state index in [-0.39, 0.29) is 35.2 Å². The van der Waals surface area contributed by atoms with Crippen molar-refractivity contribution in [3.05, 3.63) is 111 Å². The van der Waals surface area contributed by atoms with Gasteiger partial charge in [-0.15, -0.1) is 0 Å². The highest BCUT2D eigenvalue weighted by atomic mass is 16.6. The Morgan fingerprint density at radius 1 is 1.17 bits per heavy atom. The summed E-state index contributed by atoms with van der Waals surface area (Å²) < 4.78 is 18.8. The van der Waals surface area contributed by atoms with Crippen molar-refractivity contribution in [2.75, 3.05) is 19.0 Å². The van der Waals surface area contributed by atoms with Crippen molar-refractivity contribution in [3.8, 4) is 29.1 Å². The van der Waals surface area contributed by atoms with E-state index in [1.807, 2.05) is 37.3 Å². The summed E-state index contributed by atoms with van der Waals surface area (Å²) in [5, 5.41) is 28.2. The average molecular weight is 553 g/mol. The summed E-state index contributed by atoms with van der Waals surface area (Å²) in [5.74, 6) is -0.127. The molecule has 3 aromatic carbocycles. The zero-order valence-corrected chi connectivity index (χ0v) is 22.0. The minimum absolute atomic E-state index is 0.0285. The lowest BCUT2D eigenvalue weighted by Crippen LogP contribution is -2.22. The van der Waals surface area contributed by atoms with Gasteiger partial charge >= 0.3 is 0 Å². The highest BCUT2D eigenvalue weighted by molar-refractivity contribution is 5.92. The molecule has 5 rings (SSSR count). The van der Waals surface area contributed by atoms with Gasteiger partial charge in [-0.05, 0) is 42.8 Å². The van der Waals surface area contributed by atoms with Crippen LogP contribution in [-0.4, -0.2) is 34.3 Å². The van der Waals surface area contributed by atoms with E-state index in [1.54, 1.807) is 22.9 Å². The molecular weight excluding hydrogens is 528 g/mol. The van der Waals surface area contributed by atoms with Gasteiger partial charge in [-0.1, -0.05) is 30.3 Å². The maximum atomic E-state index is 12.5. The number of rotatable bonds is 8. The number of fused-ring (bicyclic) bond motifs is 1. The first-order valence-electron chi connectivity index (χ1n) is 12.4. The summed E-state index contributed by atoms with van der Waals surface area (Å²) >= 11 is 0. The molecule has 4 aromatic rings. The van der Waals surface area contributed by atoms with Gasteiger partial charge < -0.3 is 25.3 Å². The van der Waals surface area contributed by atoms with Crippen LogP contribution >= 0.6 is 0 Å². The molecule has 206 valence electrons. The Labute approximate surface area is 234 Å². The topological polar surface area (TPSA) is 168 Å². The molecule has 1 aliphatic heterocycles. The van der Waals surface area contributed by atoms with Crippen LogP contribution in [0, 0.1) is 28.4 Å². The number of para-hydroxylation sites is 1. The molecular formula is C29H24N6O6.